The Kier molecular flexibility index (Phi) is 12.3. The van der Waals surface area contributed by atoms with Crippen molar-refractivity contribution in [1.82, 2.24) is 4.90 Å². The number of halogens is 3. The van der Waals surface area contributed by atoms with Crippen molar-refractivity contribution in [3.63, 3.8) is 0 Å². The number of nitrogens with zero attached hydrogens (tertiary/aromatic N) is 2. The Bertz CT molecular complexity index is 941. The number of carbonyl (C=O) groups excluding carboxylic acids is 2. The summed E-state index contributed by atoms with van der Waals surface area (Å²) in [6.45, 7) is 4.22. The molecule has 1 saturated heterocycles. The van der Waals surface area contributed by atoms with Crippen molar-refractivity contribution in [2.75, 3.05) is 31.1 Å². The van der Waals surface area contributed by atoms with Crippen molar-refractivity contribution in [3.05, 3.63) is 42.0 Å². The minimum Gasteiger partial charge on any atom is -0.389 e. The molecule has 1 amide bonds. The van der Waals surface area contributed by atoms with Gasteiger partial charge in [-0.25, -0.2) is 0 Å². The number of allylic oxidation sites excluding steroid dienone is 1. The summed E-state index contributed by atoms with van der Waals surface area (Å²) in [5.41, 5.74) is -0.113. The highest BCUT2D eigenvalue weighted by Gasteiger charge is 2.33. The lowest BCUT2D eigenvalue weighted by molar-refractivity contribution is -0.137. The second kappa shape index (κ2) is 15.4. The number of ketones is 1. The Balaban J connectivity index is 1.31. The van der Waals surface area contributed by atoms with Gasteiger partial charge < -0.3 is 14.9 Å². The molecule has 3 atom stereocenters. The number of anilines is 1. The zero-order valence-corrected chi connectivity index (χ0v) is 23.3. The summed E-state index contributed by atoms with van der Waals surface area (Å²) >= 11 is 0. The van der Waals surface area contributed by atoms with Gasteiger partial charge in [0.25, 0.3) is 0 Å². The smallest absolute Gasteiger partial charge is 0.389 e. The van der Waals surface area contributed by atoms with Crippen molar-refractivity contribution in [3.8, 4) is 0 Å². The standard InChI is InChI=1S/C31H45F3N2O3/c1-2-3-6-12-27(37)17-15-24-16-18-29(38)28(24)13-7-4-5-8-14-30(39)36-21-19-35(20-22-36)26-11-9-10-25(23-26)31(32,33)34/h9-11,15,17,23-24,27-28,37H,2-8,12-14,16,18-22H2,1H3/t24-,27-,28-/m1/s1. The molecule has 1 aliphatic heterocycles. The first-order valence-electron chi connectivity index (χ1n) is 14.8. The number of benzene rings is 1. The van der Waals surface area contributed by atoms with Crippen LogP contribution in [0.25, 0.3) is 0 Å². The maximum atomic E-state index is 13.0. The maximum absolute atomic E-state index is 13.0. The van der Waals surface area contributed by atoms with Gasteiger partial charge in [0, 0.05) is 50.6 Å². The molecule has 0 radical (unpaired) electrons. The highest BCUT2D eigenvalue weighted by atomic mass is 19.4. The lowest BCUT2D eigenvalue weighted by Crippen LogP contribution is -2.48. The fourth-order valence-electron chi connectivity index (χ4n) is 5.76. The van der Waals surface area contributed by atoms with Crippen LogP contribution < -0.4 is 4.90 Å². The first kappa shape index (κ1) is 31.2. The van der Waals surface area contributed by atoms with Crippen LogP contribution in [0.5, 0.6) is 0 Å². The molecule has 1 aliphatic carbocycles. The summed E-state index contributed by atoms with van der Waals surface area (Å²) in [5, 5.41) is 10.2. The molecule has 0 bridgehead atoms. The minimum absolute atomic E-state index is 0.0545. The molecular weight excluding hydrogens is 505 g/mol. The van der Waals surface area contributed by atoms with Crippen LogP contribution >= 0.6 is 0 Å². The highest BCUT2D eigenvalue weighted by Crippen LogP contribution is 2.34. The Hall–Kier alpha value is -2.35. The van der Waals surface area contributed by atoms with Gasteiger partial charge in [-0.1, -0.05) is 63.7 Å². The van der Waals surface area contributed by atoms with Gasteiger partial charge in [-0.05, 0) is 49.8 Å². The first-order valence-corrected chi connectivity index (χ1v) is 14.8. The van der Waals surface area contributed by atoms with Crippen LogP contribution in [0.4, 0.5) is 18.9 Å². The van der Waals surface area contributed by atoms with E-state index in [4.69, 9.17) is 0 Å². The second-order valence-corrected chi connectivity index (χ2v) is 11.1. The van der Waals surface area contributed by atoms with Crippen LogP contribution in [-0.2, 0) is 15.8 Å². The highest BCUT2D eigenvalue weighted by molar-refractivity contribution is 5.83. The van der Waals surface area contributed by atoms with Crippen LogP contribution in [-0.4, -0.2) is 54.0 Å². The summed E-state index contributed by atoms with van der Waals surface area (Å²) < 4.78 is 39.0. The average Bonchev–Trinajstić information content (AvgIpc) is 3.28. The Morgan fingerprint density at radius 1 is 1.08 bits per heavy atom. The molecule has 5 nitrogen and oxygen atoms in total. The van der Waals surface area contributed by atoms with E-state index >= 15 is 0 Å². The van der Waals surface area contributed by atoms with E-state index in [-0.39, 0.29) is 17.7 Å². The van der Waals surface area contributed by atoms with E-state index in [0.29, 0.717) is 50.5 Å². The number of piperazine rings is 1. The van der Waals surface area contributed by atoms with E-state index in [9.17, 15) is 27.9 Å². The van der Waals surface area contributed by atoms with Gasteiger partial charge in [0.2, 0.25) is 5.91 Å². The predicted molar refractivity (Wildman–Crippen MR) is 148 cm³/mol. The predicted octanol–water partition coefficient (Wildman–Crippen LogP) is 6.79. The van der Waals surface area contributed by atoms with Crippen LogP contribution in [0.3, 0.4) is 0 Å². The minimum atomic E-state index is -4.36. The monoisotopic (exact) mass is 550 g/mol. The number of unbranched alkanes of at least 4 members (excludes halogenated alkanes) is 5. The summed E-state index contributed by atoms with van der Waals surface area (Å²) in [7, 11) is 0. The van der Waals surface area contributed by atoms with Crippen molar-refractivity contribution < 1.29 is 27.9 Å². The molecule has 0 spiro atoms. The second-order valence-electron chi connectivity index (χ2n) is 11.1. The summed E-state index contributed by atoms with van der Waals surface area (Å²) in [5.74, 6) is 0.727. The van der Waals surface area contributed by atoms with Crippen molar-refractivity contribution in [2.24, 2.45) is 11.8 Å². The number of aliphatic hydroxyl groups is 1. The molecule has 2 fully saturated rings. The molecule has 0 unspecified atom stereocenters. The summed E-state index contributed by atoms with van der Waals surface area (Å²) in [6.07, 6.45) is 9.75. The number of rotatable bonds is 14. The Morgan fingerprint density at radius 3 is 2.54 bits per heavy atom. The van der Waals surface area contributed by atoms with Gasteiger partial charge in [0.15, 0.2) is 0 Å². The molecule has 39 heavy (non-hydrogen) atoms. The fraction of sp³-hybridized carbons (Fsp3) is 0.677. The molecule has 1 N–H and O–H groups in total. The molecular formula is C31H45F3N2O3. The van der Waals surface area contributed by atoms with Crippen molar-refractivity contribution >= 4 is 17.4 Å². The van der Waals surface area contributed by atoms with E-state index in [1.54, 1.807) is 6.07 Å². The van der Waals surface area contributed by atoms with E-state index in [1.165, 1.54) is 12.1 Å². The lowest BCUT2D eigenvalue weighted by Gasteiger charge is -2.36. The van der Waals surface area contributed by atoms with Crippen molar-refractivity contribution in [2.45, 2.75) is 96.3 Å². The quantitative estimate of drug-likeness (QED) is 0.205. The third-order valence-electron chi connectivity index (χ3n) is 8.17. The van der Waals surface area contributed by atoms with Gasteiger partial charge >= 0.3 is 6.18 Å². The number of hydrogen-bond acceptors (Lipinski definition) is 4. The SMILES string of the molecule is CCCCC[C@@H](O)C=C[C@@H]1CCC(=O)[C@@H]1CCCCCCC(=O)N1CCN(c2cccc(C(F)(F)F)c2)CC1. The van der Waals surface area contributed by atoms with E-state index in [1.807, 2.05) is 15.9 Å². The molecule has 3 rings (SSSR count). The van der Waals surface area contributed by atoms with Crippen LogP contribution in [0, 0.1) is 11.8 Å². The van der Waals surface area contributed by atoms with Crippen LogP contribution in [0.2, 0.25) is 0 Å². The molecule has 1 heterocycles. The van der Waals surface area contributed by atoms with Gasteiger partial charge in [-0.15, -0.1) is 0 Å². The lowest BCUT2D eigenvalue weighted by atomic mass is 9.89. The van der Waals surface area contributed by atoms with Crippen molar-refractivity contribution in [1.29, 1.82) is 0 Å². The molecule has 0 aromatic heterocycles. The summed E-state index contributed by atoms with van der Waals surface area (Å²) in [4.78, 5) is 28.8. The van der Waals surface area contributed by atoms with E-state index in [2.05, 4.69) is 13.0 Å². The molecule has 218 valence electrons. The average molecular weight is 551 g/mol. The van der Waals surface area contributed by atoms with Crippen LogP contribution in [0.1, 0.15) is 89.5 Å². The van der Waals surface area contributed by atoms with E-state index < -0.39 is 17.8 Å². The number of amides is 1. The number of Topliss-reactive ketones (excluding diaryl/α,β-unsaturated/α-hetero) is 1. The van der Waals surface area contributed by atoms with Crippen LogP contribution in [0.15, 0.2) is 36.4 Å². The topological polar surface area (TPSA) is 60.9 Å². The normalized spacial score (nSPS) is 21.2. The number of hydrogen-bond donors (Lipinski definition) is 1. The fourth-order valence-corrected chi connectivity index (χ4v) is 5.76. The van der Waals surface area contributed by atoms with Gasteiger partial charge in [0.1, 0.15) is 5.78 Å². The number of carbonyl (C=O) groups is 2. The largest absolute Gasteiger partial charge is 0.416 e. The van der Waals surface area contributed by atoms with Gasteiger partial charge in [-0.3, -0.25) is 9.59 Å². The number of alkyl halides is 3. The molecule has 1 saturated carbocycles. The Morgan fingerprint density at radius 2 is 1.82 bits per heavy atom. The first-order chi connectivity index (χ1) is 18.7. The summed E-state index contributed by atoms with van der Waals surface area (Å²) in [6, 6.07) is 5.36. The zero-order valence-electron chi connectivity index (χ0n) is 23.3. The van der Waals surface area contributed by atoms with E-state index in [0.717, 1.165) is 70.3 Å². The molecule has 2 aliphatic rings. The number of aliphatic hydroxyl groups excluding tert-OH is 1. The molecule has 8 heteroatoms. The van der Waals surface area contributed by atoms with Gasteiger partial charge in [0.05, 0.1) is 11.7 Å². The molecule has 1 aromatic carbocycles. The van der Waals surface area contributed by atoms with Gasteiger partial charge in [-0.2, -0.15) is 13.2 Å². The third-order valence-corrected chi connectivity index (χ3v) is 8.17. The maximum Gasteiger partial charge on any atom is 0.416 e. The zero-order chi connectivity index (χ0) is 28.3. The third kappa shape index (κ3) is 9.96. The Labute approximate surface area is 231 Å². The molecule has 1 aromatic rings.